The number of ether oxygens (including phenoxy) is 2. The Labute approximate surface area is 118 Å². The van der Waals surface area contributed by atoms with Gasteiger partial charge in [0.25, 0.3) is 0 Å². The summed E-state index contributed by atoms with van der Waals surface area (Å²) in [6.07, 6.45) is 2.07. The third-order valence-electron chi connectivity index (χ3n) is 2.57. The van der Waals surface area contributed by atoms with Gasteiger partial charge in [0.2, 0.25) is 0 Å². The normalized spacial score (nSPS) is 11.4. The Morgan fingerprint density at radius 1 is 1.16 bits per heavy atom. The highest BCUT2D eigenvalue weighted by Gasteiger charge is 2.21. The zero-order chi connectivity index (χ0) is 14.7. The predicted octanol–water partition coefficient (Wildman–Crippen LogP) is 3.14. The lowest BCUT2D eigenvalue weighted by molar-refractivity contribution is -0.140. The van der Waals surface area contributed by atoms with E-state index in [1.54, 1.807) is 6.92 Å². The summed E-state index contributed by atoms with van der Waals surface area (Å²) in [6, 6.07) is 1.10. The Hall–Kier alpha value is -0.653. The van der Waals surface area contributed by atoms with Crippen molar-refractivity contribution in [3.63, 3.8) is 0 Å². The van der Waals surface area contributed by atoms with E-state index in [-0.39, 0.29) is 5.97 Å². The third-order valence-corrected chi connectivity index (χ3v) is 5.12. The van der Waals surface area contributed by atoms with Crippen molar-refractivity contribution in [3.8, 4) is 0 Å². The molecule has 0 aromatic carbocycles. The molecule has 0 spiro atoms. The van der Waals surface area contributed by atoms with Crippen LogP contribution < -0.4 is 0 Å². The number of carbonyl (C=O) groups is 1. The van der Waals surface area contributed by atoms with Crippen LogP contribution in [0.5, 0.6) is 0 Å². The molecule has 0 bridgehead atoms. The smallest absolute Gasteiger partial charge is 0.333 e. The summed E-state index contributed by atoms with van der Waals surface area (Å²) in [5.41, 5.74) is 0.417. The minimum Gasteiger partial charge on any atom is -0.460 e. The molecule has 0 aromatic rings. The highest BCUT2D eigenvalue weighted by Crippen LogP contribution is 2.13. The Balaban J connectivity index is 3.45. The summed E-state index contributed by atoms with van der Waals surface area (Å²) in [4.78, 5) is 11.1. The van der Waals surface area contributed by atoms with Crippen molar-refractivity contribution in [1.29, 1.82) is 0 Å². The molecule has 19 heavy (non-hydrogen) atoms. The zero-order valence-corrected chi connectivity index (χ0v) is 13.8. The minimum atomic E-state index is -1.50. The summed E-state index contributed by atoms with van der Waals surface area (Å²) < 4.78 is 16.2. The fraction of sp³-hybridized carbons (Fsp3) is 0.786. The van der Waals surface area contributed by atoms with Gasteiger partial charge in [0, 0.05) is 18.8 Å². The predicted molar refractivity (Wildman–Crippen MR) is 79.7 cm³/mol. The molecular weight excluding hydrogens is 260 g/mol. The van der Waals surface area contributed by atoms with Gasteiger partial charge in [0.15, 0.2) is 8.32 Å². The molecule has 0 atom stereocenters. The molecule has 0 aliphatic carbocycles. The van der Waals surface area contributed by atoms with Crippen LogP contribution in [-0.4, -0.2) is 40.7 Å². The van der Waals surface area contributed by atoms with Crippen LogP contribution >= 0.6 is 0 Å². The molecule has 0 amide bonds. The van der Waals surface area contributed by atoms with E-state index >= 15 is 0 Å². The molecule has 0 fully saturated rings. The molecule has 0 N–H and O–H groups in total. The molecule has 0 rings (SSSR count). The topological polar surface area (TPSA) is 44.8 Å². The van der Waals surface area contributed by atoms with Gasteiger partial charge < -0.3 is 13.9 Å². The fourth-order valence-electron chi connectivity index (χ4n) is 1.47. The molecular formula is C14H28O4Si. The van der Waals surface area contributed by atoms with Crippen molar-refractivity contribution in [2.75, 3.05) is 26.4 Å². The molecule has 0 heterocycles. The van der Waals surface area contributed by atoms with Gasteiger partial charge in [-0.1, -0.05) is 13.5 Å². The zero-order valence-electron chi connectivity index (χ0n) is 12.8. The maximum Gasteiger partial charge on any atom is 0.333 e. The maximum atomic E-state index is 11.1. The van der Waals surface area contributed by atoms with Crippen molar-refractivity contribution in [2.45, 2.75) is 45.8 Å². The highest BCUT2D eigenvalue weighted by molar-refractivity contribution is 6.71. The molecule has 0 aromatic heterocycles. The summed E-state index contributed by atoms with van der Waals surface area (Å²) >= 11 is 0. The van der Waals surface area contributed by atoms with Crippen LogP contribution in [-0.2, 0) is 18.7 Å². The number of hydrogen-bond donors (Lipinski definition) is 0. The van der Waals surface area contributed by atoms with E-state index in [0.29, 0.717) is 25.4 Å². The van der Waals surface area contributed by atoms with Crippen molar-refractivity contribution in [2.24, 2.45) is 0 Å². The summed E-state index contributed by atoms with van der Waals surface area (Å²) in [5.74, 6) is -0.356. The van der Waals surface area contributed by atoms with Crippen LogP contribution in [0.2, 0.25) is 19.1 Å². The first-order valence-corrected chi connectivity index (χ1v) is 10.0. The van der Waals surface area contributed by atoms with E-state index in [1.807, 2.05) is 0 Å². The van der Waals surface area contributed by atoms with Gasteiger partial charge in [-0.05, 0) is 38.9 Å². The van der Waals surface area contributed by atoms with Crippen LogP contribution in [0.4, 0.5) is 0 Å². The van der Waals surface area contributed by atoms with E-state index in [0.717, 1.165) is 25.5 Å². The molecule has 0 saturated heterocycles. The lowest BCUT2D eigenvalue weighted by Crippen LogP contribution is -2.30. The molecule has 0 unspecified atom stereocenters. The number of esters is 1. The molecule has 0 radical (unpaired) electrons. The number of rotatable bonds is 11. The second-order valence-corrected chi connectivity index (χ2v) is 9.55. The standard InChI is InChI=1S/C14H28O4Si/c1-6-8-18-19(4,5)12-7-9-16-10-11-17-14(15)13(2)3/h2,6-12H2,1,3-5H3. The van der Waals surface area contributed by atoms with E-state index in [4.69, 9.17) is 13.9 Å². The lowest BCUT2D eigenvalue weighted by Gasteiger charge is -2.22. The average molecular weight is 288 g/mol. The van der Waals surface area contributed by atoms with E-state index in [2.05, 4.69) is 26.6 Å². The Morgan fingerprint density at radius 2 is 1.84 bits per heavy atom. The fourth-order valence-corrected chi connectivity index (χ4v) is 3.37. The number of hydrogen-bond acceptors (Lipinski definition) is 4. The van der Waals surface area contributed by atoms with Gasteiger partial charge in [-0.2, -0.15) is 0 Å². The minimum absolute atomic E-state index is 0.291. The van der Waals surface area contributed by atoms with Crippen LogP contribution in [0.1, 0.15) is 26.7 Å². The van der Waals surface area contributed by atoms with Gasteiger partial charge in [0.05, 0.1) is 6.61 Å². The molecule has 0 saturated carbocycles. The first kappa shape index (κ1) is 18.3. The summed E-state index contributed by atoms with van der Waals surface area (Å²) in [5, 5.41) is 0. The van der Waals surface area contributed by atoms with Crippen molar-refractivity contribution in [3.05, 3.63) is 12.2 Å². The van der Waals surface area contributed by atoms with Crippen LogP contribution in [0.25, 0.3) is 0 Å². The third kappa shape index (κ3) is 10.9. The summed E-state index contributed by atoms with van der Waals surface area (Å²) in [6.45, 7) is 14.0. The second-order valence-electron chi connectivity index (χ2n) is 5.24. The van der Waals surface area contributed by atoms with Gasteiger partial charge >= 0.3 is 5.97 Å². The van der Waals surface area contributed by atoms with Gasteiger partial charge in [0.1, 0.15) is 6.61 Å². The Bertz CT molecular complexity index is 277. The molecule has 4 nitrogen and oxygen atoms in total. The second kappa shape index (κ2) is 10.2. The van der Waals surface area contributed by atoms with E-state index < -0.39 is 8.32 Å². The molecule has 112 valence electrons. The van der Waals surface area contributed by atoms with Gasteiger partial charge in [-0.25, -0.2) is 4.79 Å². The first-order valence-electron chi connectivity index (χ1n) is 6.93. The van der Waals surface area contributed by atoms with Crippen molar-refractivity contribution in [1.82, 2.24) is 0 Å². The molecule has 5 heteroatoms. The van der Waals surface area contributed by atoms with E-state index in [9.17, 15) is 4.79 Å². The van der Waals surface area contributed by atoms with Crippen LogP contribution in [0.3, 0.4) is 0 Å². The molecule has 0 aliphatic heterocycles. The Morgan fingerprint density at radius 3 is 2.42 bits per heavy atom. The average Bonchev–Trinajstić information content (AvgIpc) is 2.34. The quantitative estimate of drug-likeness (QED) is 0.253. The van der Waals surface area contributed by atoms with E-state index in [1.165, 1.54) is 0 Å². The summed E-state index contributed by atoms with van der Waals surface area (Å²) in [7, 11) is -1.50. The van der Waals surface area contributed by atoms with Crippen molar-refractivity contribution < 1.29 is 18.7 Å². The monoisotopic (exact) mass is 288 g/mol. The number of carbonyl (C=O) groups excluding carboxylic acids is 1. The van der Waals surface area contributed by atoms with Crippen LogP contribution in [0.15, 0.2) is 12.2 Å². The van der Waals surface area contributed by atoms with Gasteiger partial charge in [-0.3, -0.25) is 0 Å². The van der Waals surface area contributed by atoms with Crippen LogP contribution in [0, 0.1) is 0 Å². The Kier molecular flexibility index (Phi) is 9.82. The first-order chi connectivity index (χ1) is 8.89. The lowest BCUT2D eigenvalue weighted by atomic mass is 10.4. The largest absolute Gasteiger partial charge is 0.460 e. The van der Waals surface area contributed by atoms with Gasteiger partial charge in [-0.15, -0.1) is 0 Å². The SMILES string of the molecule is C=C(C)C(=O)OCCOCCC[Si](C)(C)OCCC. The molecule has 0 aliphatic rings. The maximum absolute atomic E-state index is 11.1. The highest BCUT2D eigenvalue weighted by atomic mass is 28.4. The van der Waals surface area contributed by atoms with Crippen molar-refractivity contribution >= 4 is 14.3 Å².